The molecular formula is C19H21NO3S2. The fourth-order valence-corrected chi connectivity index (χ4v) is 6.40. The zero-order chi connectivity index (χ0) is 17.9. The number of nitrogens with one attached hydrogen (secondary N) is 1. The molecular weight excluding hydrogens is 354 g/mol. The molecule has 1 atom stereocenters. The minimum atomic E-state index is -2.92. The minimum Gasteiger partial charge on any atom is -0.348 e. The number of hydrogen-bond acceptors (Lipinski definition) is 4. The number of aryl methyl sites for hydroxylation is 1. The van der Waals surface area contributed by atoms with Gasteiger partial charge in [0.1, 0.15) is 0 Å². The Morgan fingerprint density at radius 2 is 1.88 bits per heavy atom. The topological polar surface area (TPSA) is 63.2 Å². The zero-order valence-electron chi connectivity index (χ0n) is 14.1. The Morgan fingerprint density at radius 1 is 1.16 bits per heavy atom. The summed E-state index contributed by atoms with van der Waals surface area (Å²) < 4.78 is 23.3. The van der Waals surface area contributed by atoms with E-state index in [1.54, 1.807) is 6.07 Å². The normalized spacial score (nSPS) is 18.8. The zero-order valence-corrected chi connectivity index (χ0v) is 15.7. The molecule has 2 aromatic carbocycles. The molecule has 1 aliphatic heterocycles. The molecule has 0 radical (unpaired) electrons. The number of carbonyl (C=O) groups excluding carboxylic acids is 1. The van der Waals surface area contributed by atoms with Crippen LogP contribution in [0.2, 0.25) is 0 Å². The largest absolute Gasteiger partial charge is 0.348 e. The lowest BCUT2D eigenvalue weighted by atomic mass is 10.1. The van der Waals surface area contributed by atoms with Crippen LogP contribution in [-0.2, 0) is 16.4 Å². The van der Waals surface area contributed by atoms with Crippen molar-refractivity contribution in [3.63, 3.8) is 0 Å². The predicted molar refractivity (Wildman–Crippen MR) is 102 cm³/mol. The molecule has 1 heterocycles. The van der Waals surface area contributed by atoms with E-state index in [4.69, 9.17) is 0 Å². The Balaban J connectivity index is 1.67. The SMILES string of the molecule is Cc1ccc(CNC(=O)c2ccccc2S[C@H]2CCS(=O)(=O)C2)cc1. The maximum absolute atomic E-state index is 12.6. The van der Waals surface area contributed by atoms with Crippen molar-refractivity contribution in [3.05, 3.63) is 65.2 Å². The molecule has 1 aliphatic rings. The van der Waals surface area contributed by atoms with Gasteiger partial charge < -0.3 is 5.32 Å². The highest BCUT2D eigenvalue weighted by atomic mass is 32.2. The highest BCUT2D eigenvalue weighted by molar-refractivity contribution is 8.02. The van der Waals surface area contributed by atoms with E-state index in [1.165, 1.54) is 17.3 Å². The summed E-state index contributed by atoms with van der Waals surface area (Å²) in [4.78, 5) is 13.4. The van der Waals surface area contributed by atoms with Gasteiger partial charge in [-0.3, -0.25) is 4.79 Å². The van der Waals surface area contributed by atoms with Crippen LogP contribution in [-0.4, -0.2) is 31.1 Å². The van der Waals surface area contributed by atoms with Crippen LogP contribution in [0.15, 0.2) is 53.4 Å². The monoisotopic (exact) mass is 375 g/mol. The molecule has 2 aromatic rings. The van der Waals surface area contributed by atoms with Crippen LogP contribution in [0, 0.1) is 6.92 Å². The van der Waals surface area contributed by atoms with Crippen molar-refractivity contribution in [2.45, 2.75) is 30.0 Å². The smallest absolute Gasteiger partial charge is 0.252 e. The number of thioether (sulfide) groups is 1. The van der Waals surface area contributed by atoms with Gasteiger partial charge in [0.2, 0.25) is 0 Å². The second-order valence-electron chi connectivity index (χ2n) is 6.31. The number of carbonyl (C=O) groups is 1. The second kappa shape index (κ2) is 7.62. The van der Waals surface area contributed by atoms with Crippen LogP contribution in [0.5, 0.6) is 0 Å². The van der Waals surface area contributed by atoms with Gasteiger partial charge in [0, 0.05) is 16.7 Å². The molecule has 0 unspecified atom stereocenters. The summed E-state index contributed by atoms with van der Waals surface area (Å²) in [6.07, 6.45) is 0.645. The molecule has 0 aromatic heterocycles. The van der Waals surface area contributed by atoms with Crippen LogP contribution in [0.3, 0.4) is 0 Å². The number of sulfone groups is 1. The summed E-state index contributed by atoms with van der Waals surface area (Å²) in [7, 11) is -2.92. The first kappa shape index (κ1) is 18.0. The van der Waals surface area contributed by atoms with Gasteiger partial charge in [0.15, 0.2) is 9.84 Å². The molecule has 3 rings (SSSR count). The molecule has 0 aliphatic carbocycles. The van der Waals surface area contributed by atoms with Crippen molar-refractivity contribution < 1.29 is 13.2 Å². The van der Waals surface area contributed by atoms with Gasteiger partial charge in [-0.2, -0.15) is 0 Å². The van der Waals surface area contributed by atoms with Crippen LogP contribution in [0.4, 0.5) is 0 Å². The van der Waals surface area contributed by atoms with E-state index >= 15 is 0 Å². The fraction of sp³-hybridized carbons (Fsp3) is 0.316. The molecule has 1 saturated heterocycles. The van der Waals surface area contributed by atoms with Crippen molar-refractivity contribution >= 4 is 27.5 Å². The van der Waals surface area contributed by atoms with Crippen LogP contribution < -0.4 is 5.32 Å². The van der Waals surface area contributed by atoms with Gasteiger partial charge >= 0.3 is 0 Å². The third-order valence-corrected chi connectivity index (χ3v) is 7.51. The molecule has 6 heteroatoms. The summed E-state index contributed by atoms with van der Waals surface area (Å²) >= 11 is 1.49. The third kappa shape index (κ3) is 4.86. The standard InChI is InChI=1S/C19H21NO3S2/c1-14-6-8-15(9-7-14)12-20-19(21)17-4-2-3-5-18(17)24-16-10-11-25(22,23)13-16/h2-9,16H,10-13H2,1H3,(H,20,21)/t16-/m0/s1. The second-order valence-corrected chi connectivity index (χ2v) is 9.88. The minimum absolute atomic E-state index is 0.0241. The molecule has 0 spiro atoms. The number of hydrogen-bond donors (Lipinski definition) is 1. The Morgan fingerprint density at radius 3 is 2.56 bits per heavy atom. The summed E-state index contributed by atoms with van der Waals surface area (Å²) in [5.41, 5.74) is 2.83. The van der Waals surface area contributed by atoms with Crippen molar-refractivity contribution in [1.82, 2.24) is 5.32 Å². The van der Waals surface area contributed by atoms with Crippen molar-refractivity contribution in [2.75, 3.05) is 11.5 Å². The van der Waals surface area contributed by atoms with Crippen LogP contribution >= 0.6 is 11.8 Å². The first-order valence-electron chi connectivity index (χ1n) is 8.23. The number of rotatable bonds is 5. The lowest BCUT2D eigenvalue weighted by Crippen LogP contribution is -2.23. The highest BCUT2D eigenvalue weighted by Gasteiger charge is 2.29. The quantitative estimate of drug-likeness (QED) is 0.872. The third-order valence-electron chi connectivity index (χ3n) is 4.19. The van der Waals surface area contributed by atoms with Crippen molar-refractivity contribution in [1.29, 1.82) is 0 Å². The average Bonchev–Trinajstić information content (AvgIpc) is 2.93. The summed E-state index contributed by atoms with van der Waals surface area (Å²) in [6, 6.07) is 15.4. The Labute approximate surface area is 152 Å². The molecule has 1 N–H and O–H groups in total. The summed E-state index contributed by atoms with van der Waals surface area (Å²) in [5.74, 6) is 0.299. The van der Waals surface area contributed by atoms with Crippen LogP contribution in [0.25, 0.3) is 0 Å². The molecule has 1 amide bonds. The molecule has 4 nitrogen and oxygen atoms in total. The molecule has 1 fully saturated rings. The van der Waals surface area contributed by atoms with Gasteiger partial charge in [-0.05, 0) is 31.0 Å². The van der Waals surface area contributed by atoms with Crippen molar-refractivity contribution in [3.8, 4) is 0 Å². The predicted octanol–water partition coefficient (Wildman–Crippen LogP) is 3.20. The first-order chi connectivity index (χ1) is 11.9. The summed E-state index contributed by atoms with van der Waals surface area (Å²) in [6.45, 7) is 2.50. The van der Waals surface area contributed by atoms with E-state index < -0.39 is 9.84 Å². The van der Waals surface area contributed by atoms with E-state index in [2.05, 4.69) is 5.32 Å². The Bertz CT molecular complexity index is 860. The molecule has 25 heavy (non-hydrogen) atoms. The molecule has 0 bridgehead atoms. The highest BCUT2D eigenvalue weighted by Crippen LogP contribution is 2.33. The first-order valence-corrected chi connectivity index (χ1v) is 10.9. The van der Waals surface area contributed by atoms with Gasteiger partial charge in [0.05, 0.1) is 17.1 Å². The van der Waals surface area contributed by atoms with E-state index in [1.807, 2.05) is 49.4 Å². The van der Waals surface area contributed by atoms with Crippen LogP contribution in [0.1, 0.15) is 27.9 Å². The van der Waals surface area contributed by atoms with E-state index in [0.29, 0.717) is 18.5 Å². The fourth-order valence-electron chi connectivity index (χ4n) is 2.77. The van der Waals surface area contributed by atoms with Gasteiger partial charge in [0.25, 0.3) is 5.91 Å². The number of benzene rings is 2. The Kier molecular flexibility index (Phi) is 5.49. The maximum atomic E-state index is 12.6. The van der Waals surface area contributed by atoms with Gasteiger partial charge in [-0.15, -0.1) is 11.8 Å². The molecule has 0 saturated carbocycles. The lowest BCUT2D eigenvalue weighted by Gasteiger charge is -2.13. The average molecular weight is 376 g/mol. The lowest BCUT2D eigenvalue weighted by molar-refractivity contribution is 0.0948. The summed E-state index contributed by atoms with van der Waals surface area (Å²) in [5, 5.41) is 2.97. The van der Waals surface area contributed by atoms with E-state index in [0.717, 1.165) is 10.5 Å². The maximum Gasteiger partial charge on any atom is 0.252 e. The van der Waals surface area contributed by atoms with Gasteiger partial charge in [-0.25, -0.2) is 8.42 Å². The Hall–Kier alpha value is -1.79. The number of amides is 1. The molecule has 132 valence electrons. The van der Waals surface area contributed by atoms with Crippen molar-refractivity contribution in [2.24, 2.45) is 0 Å². The van der Waals surface area contributed by atoms with E-state index in [9.17, 15) is 13.2 Å². The van der Waals surface area contributed by atoms with E-state index in [-0.39, 0.29) is 22.7 Å². The van der Waals surface area contributed by atoms with Gasteiger partial charge in [-0.1, -0.05) is 42.0 Å².